The van der Waals surface area contributed by atoms with Gasteiger partial charge in [-0.1, -0.05) is 49.4 Å². The molecule has 0 amide bonds. The minimum Gasteiger partial charge on any atom is -0.479 e. The molecule has 23 heavy (non-hydrogen) atoms. The first kappa shape index (κ1) is 17.0. The number of rotatable bonds is 8. The minimum absolute atomic E-state index is 0.348. The Kier molecular flexibility index (Phi) is 6.18. The molecule has 2 N–H and O–H groups in total. The van der Waals surface area contributed by atoms with Crippen LogP contribution in [0.25, 0.3) is 11.1 Å². The number of anilines is 1. The molecule has 0 spiro atoms. The van der Waals surface area contributed by atoms with E-state index in [1.54, 1.807) is 0 Å². The number of benzene rings is 2. The van der Waals surface area contributed by atoms with E-state index in [2.05, 4.69) is 17.4 Å². The summed E-state index contributed by atoms with van der Waals surface area (Å²) < 4.78 is 5.44. The molecule has 0 aliphatic rings. The van der Waals surface area contributed by atoms with Crippen molar-refractivity contribution < 1.29 is 14.6 Å². The Morgan fingerprint density at radius 1 is 1.17 bits per heavy atom. The molecule has 4 heteroatoms. The summed E-state index contributed by atoms with van der Waals surface area (Å²) in [5.41, 5.74) is 4.10. The van der Waals surface area contributed by atoms with Crippen LogP contribution in [-0.2, 0) is 16.0 Å². The van der Waals surface area contributed by atoms with Crippen molar-refractivity contribution in [2.75, 3.05) is 19.0 Å². The first-order valence-electron chi connectivity index (χ1n) is 7.86. The van der Waals surface area contributed by atoms with Gasteiger partial charge >= 0.3 is 5.97 Å². The molecule has 122 valence electrons. The van der Waals surface area contributed by atoms with E-state index in [1.807, 2.05) is 50.4 Å². The van der Waals surface area contributed by atoms with Crippen LogP contribution in [0.5, 0.6) is 0 Å². The molecular formula is C19H23NO3. The van der Waals surface area contributed by atoms with Gasteiger partial charge in [-0.15, -0.1) is 0 Å². The highest BCUT2D eigenvalue weighted by molar-refractivity contribution is 5.74. The van der Waals surface area contributed by atoms with Crippen LogP contribution in [0.2, 0.25) is 0 Å². The predicted octanol–water partition coefficient (Wildman–Crippen LogP) is 3.82. The van der Waals surface area contributed by atoms with Gasteiger partial charge in [0.2, 0.25) is 0 Å². The van der Waals surface area contributed by atoms with Crippen molar-refractivity contribution in [3.63, 3.8) is 0 Å². The van der Waals surface area contributed by atoms with Crippen LogP contribution in [0.15, 0.2) is 48.5 Å². The highest BCUT2D eigenvalue weighted by Crippen LogP contribution is 2.26. The van der Waals surface area contributed by atoms with Gasteiger partial charge in [0.1, 0.15) is 0 Å². The van der Waals surface area contributed by atoms with Crippen molar-refractivity contribution in [2.24, 2.45) is 0 Å². The minimum atomic E-state index is -0.923. The molecule has 0 saturated carbocycles. The average molecular weight is 313 g/mol. The van der Waals surface area contributed by atoms with Crippen LogP contribution in [0.1, 0.15) is 18.9 Å². The number of carboxylic acids is 1. The summed E-state index contributed by atoms with van der Waals surface area (Å²) in [6.45, 7) is 2.42. The van der Waals surface area contributed by atoms with Gasteiger partial charge in [0.15, 0.2) is 6.10 Å². The lowest BCUT2D eigenvalue weighted by atomic mass is 9.99. The predicted molar refractivity (Wildman–Crippen MR) is 92.8 cm³/mol. The van der Waals surface area contributed by atoms with E-state index in [4.69, 9.17) is 4.74 Å². The van der Waals surface area contributed by atoms with Gasteiger partial charge in [0.25, 0.3) is 0 Å². The summed E-state index contributed by atoms with van der Waals surface area (Å²) in [4.78, 5) is 11.4. The maximum atomic E-state index is 11.4. The van der Waals surface area contributed by atoms with Gasteiger partial charge in [-0.25, -0.2) is 4.79 Å². The van der Waals surface area contributed by atoms with Gasteiger partial charge in [0.05, 0.1) is 0 Å². The van der Waals surface area contributed by atoms with Gasteiger partial charge in [-0.2, -0.15) is 0 Å². The summed E-state index contributed by atoms with van der Waals surface area (Å²) in [6, 6.07) is 16.1. The highest BCUT2D eigenvalue weighted by atomic mass is 16.5. The van der Waals surface area contributed by atoms with Crippen molar-refractivity contribution in [2.45, 2.75) is 25.9 Å². The molecule has 0 aliphatic carbocycles. The van der Waals surface area contributed by atoms with Crippen molar-refractivity contribution in [3.05, 3.63) is 54.1 Å². The van der Waals surface area contributed by atoms with Gasteiger partial charge in [0, 0.05) is 25.8 Å². The van der Waals surface area contributed by atoms with Crippen molar-refractivity contribution in [3.8, 4) is 11.1 Å². The molecule has 0 radical (unpaired) electrons. The van der Waals surface area contributed by atoms with Crippen LogP contribution < -0.4 is 5.32 Å². The summed E-state index contributed by atoms with van der Waals surface area (Å²) in [7, 11) is 1.84. The standard InChI is InChI=1S/C19H23NO3/c1-3-11-23-18(19(21)22)13-16-10-9-15(12-17(16)20-2)14-7-5-4-6-8-14/h4-10,12,18,20H,3,11,13H2,1-2H3,(H,21,22). The highest BCUT2D eigenvalue weighted by Gasteiger charge is 2.20. The second-order valence-corrected chi connectivity index (χ2v) is 5.39. The lowest BCUT2D eigenvalue weighted by Gasteiger charge is -2.17. The maximum absolute atomic E-state index is 11.4. The van der Waals surface area contributed by atoms with Crippen molar-refractivity contribution in [1.82, 2.24) is 0 Å². The van der Waals surface area contributed by atoms with Gasteiger partial charge < -0.3 is 15.2 Å². The molecule has 2 aromatic rings. The Morgan fingerprint density at radius 2 is 1.91 bits per heavy atom. The van der Waals surface area contributed by atoms with Crippen LogP contribution in [-0.4, -0.2) is 30.8 Å². The monoisotopic (exact) mass is 313 g/mol. The molecule has 2 rings (SSSR count). The molecule has 0 fully saturated rings. The Balaban J connectivity index is 2.24. The molecule has 4 nitrogen and oxygen atoms in total. The van der Waals surface area contributed by atoms with Crippen molar-refractivity contribution in [1.29, 1.82) is 0 Å². The SMILES string of the molecule is CCCOC(Cc1ccc(-c2ccccc2)cc1NC)C(=O)O. The summed E-state index contributed by atoms with van der Waals surface area (Å²) in [5, 5.41) is 12.5. The molecule has 0 bridgehead atoms. The Morgan fingerprint density at radius 3 is 2.52 bits per heavy atom. The first-order valence-corrected chi connectivity index (χ1v) is 7.86. The quantitative estimate of drug-likeness (QED) is 0.778. The van der Waals surface area contributed by atoms with Gasteiger partial charge in [-0.3, -0.25) is 0 Å². The van der Waals surface area contributed by atoms with E-state index in [0.717, 1.165) is 28.8 Å². The molecular weight excluding hydrogens is 290 g/mol. The number of ether oxygens (including phenoxy) is 1. The fourth-order valence-corrected chi connectivity index (χ4v) is 2.47. The molecule has 0 aliphatic heterocycles. The van der Waals surface area contributed by atoms with E-state index in [0.29, 0.717) is 13.0 Å². The lowest BCUT2D eigenvalue weighted by Crippen LogP contribution is -2.27. The van der Waals surface area contributed by atoms with E-state index in [-0.39, 0.29) is 0 Å². The third-order valence-corrected chi connectivity index (χ3v) is 3.69. The Labute approximate surface area is 137 Å². The normalized spacial score (nSPS) is 11.9. The maximum Gasteiger partial charge on any atom is 0.333 e. The second kappa shape index (κ2) is 8.34. The summed E-state index contributed by atoms with van der Waals surface area (Å²) in [5.74, 6) is -0.923. The number of hydrogen-bond donors (Lipinski definition) is 2. The molecule has 0 aromatic heterocycles. The zero-order chi connectivity index (χ0) is 16.7. The number of nitrogens with one attached hydrogen (secondary N) is 1. The van der Waals surface area contributed by atoms with E-state index in [1.165, 1.54) is 0 Å². The van der Waals surface area contributed by atoms with Crippen LogP contribution >= 0.6 is 0 Å². The Bertz CT molecular complexity index is 640. The first-order chi connectivity index (χ1) is 11.2. The van der Waals surface area contributed by atoms with Crippen LogP contribution in [0.4, 0.5) is 5.69 Å². The van der Waals surface area contributed by atoms with Gasteiger partial charge in [-0.05, 0) is 29.2 Å². The zero-order valence-corrected chi connectivity index (χ0v) is 13.6. The fourth-order valence-electron chi connectivity index (χ4n) is 2.47. The fraction of sp³-hybridized carbons (Fsp3) is 0.316. The molecule has 2 aromatic carbocycles. The van der Waals surface area contributed by atoms with Crippen molar-refractivity contribution >= 4 is 11.7 Å². The van der Waals surface area contributed by atoms with Crippen LogP contribution in [0.3, 0.4) is 0 Å². The number of carboxylic acid groups (broad SMARTS) is 1. The third-order valence-electron chi connectivity index (χ3n) is 3.69. The zero-order valence-electron chi connectivity index (χ0n) is 13.6. The second-order valence-electron chi connectivity index (χ2n) is 5.39. The molecule has 1 atom stereocenters. The number of hydrogen-bond acceptors (Lipinski definition) is 3. The average Bonchev–Trinajstić information content (AvgIpc) is 2.59. The molecule has 0 saturated heterocycles. The van der Waals surface area contributed by atoms with E-state index in [9.17, 15) is 9.90 Å². The topological polar surface area (TPSA) is 58.6 Å². The summed E-state index contributed by atoms with van der Waals surface area (Å²) >= 11 is 0. The molecule has 1 unspecified atom stereocenters. The largest absolute Gasteiger partial charge is 0.479 e. The third kappa shape index (κ3) is 4.57. The molecule has 0 heterocycles. The number of aliphatic carboxylic acids is 1. The smallest absolute Gasteiger partial charge is 0.333 e. The number of carbonyl (C=O) groups is 1. The van der Waals surface area contributed by atoms with E-state index < -0.39 is 12.1 Å². The lowest BCUT2D eigenvalue weighted by molar-refractivity contribution is -0.150. The van der Waals surface area contributed by atoms with Crippen LogP contribution in [0, 0.1) is 0 Å². The summed E-state index contributed by atoms with van der Waals surface area (Å²) in [6.07, 6.45) is 0.334. The van der Waals surface area contributed by atoms with E-state index >= 15 is 0 Å². The Hall–Kier alpha value is -2.33.